The van der Waals surface area contributed by atoms with Crippen LogP contribution in [0.4, 0.5) is 0 Å². The topological polar surface area (TPSA) is 36.9 Å². The molecular weight excluding hydrogens is 425 g/mol. The van der Waals surface area contributed by atoms with Gasteiger partial charge in [0.2, 0.25) is 0 Å². The van der Waals surface area contributed by atoms with E-state index in [1.165, 1.54) is 11.1 Å². The Bertz CT molecular complexity index is 554. The Morgan fingerprint density at radius 2 is 2.16 bits per heavy atom. The first-order valence-electron chi connectivity index (χ1n) is 9.06. The van der Waals surface area contributed by atoms with E-state index < -0.39 is 0 Å². The Kier molecular flexibility index (Phi) is 9.21. The van der Waals surface area contributed by atoms with Gasteiger partial charge in [-0.15, -0.1) is 24.0 Å². The second-order valence-corrected chi connectivity index (χ2v) is 7.53. The predicted octanol–water partition coefficient (Wildman–Crippen LogP) is 3.82. The molecule has 1 aromatic rings. The lowest BCUT2D eigenvalue weighted by Crippen LogP contribution is -2.42. The first-order valence-corrected chi connectivity index (χ1v) is 9.06. The second-order valence-electron chi connectivity index (χ2n) is 7.53. The number of aryl methyl sites for hydroxylation is 1. The van der Waals surface area contributed by atoms with E-state index in [0.29, 0.717) is 5.92 Å². The number of halogens is 1. The Labute approximate surface area is 170 Å². The van der Waals surface area contributed by atoms with E-state index in [2.05, 4.69) is 69.2 Å². The molecule has 1 aromatic carbocycles. The van der Waals surface area contributed by atoms with Gasteiger partial charge in [0.15, 0.2) is 5.96 Å². The number of hydrogen-bond acceptors (Lipinski definition) is 2. The number of ether oxygens (including phenoxy) is 1. The molecular formula is C20H34IN3O. The molecule has 1 N–H and O–H groups in total. The minimum Gasteiger partial charge on any atom is -0.381 e. The highest BCUT2D eigenvalue weighted by Gasteiger charge is 2.22. The van der Waals surface area contributed by atoms with E-state index in [1.54, 1.807) is 0 Å². The standard InChI is InChI=1S/C20H33N3O.HI/c1-6-21-19(23(5)13-17-10-11-24-14-17)22-15-20(3,4)18-9-7-8-16(2)12-18;/h7-9,12,17H,6,10-11,13-15H2,1-5H3,(H,21,22);1H. The number of nitrogens with one attached hydrogen (secondary N) is 1. The van der Waals surface area contributed by atoms with E-state index in [4.69, 9.17) is 9.73 Å². The van der Waals surface area contributed by atoms with Crippen LogP contribution < -0.4 is 5.32 Å². The van der Waals surface area contributed by atoms with Gasteiger partial charge in [-0.2, -0.15) is 0 Å². The highest BCUT2D eigenvalue weighted by molar-refractivity contribution is 14.0. The van der Waals surface area contributed by atoms with Gasteiger partial charge in [-0.25, -0.2) is 0 Å². The van der Waals surface area contributed by atoms with Crippen LogP contribution in [0, 0.1) is 12.8 Å². The molecule has 4 nitrogen and oxygen atoms in total. The number of aliphatic imine (C=N–C) groups is 1. The molecule has 0 bridgehead atoms. The summed E-state index contributed by atoms with van der Waals surface area (Å²) < 4.78 is 5.49. The van der Waals surface area contributed by atoms with Crippen LogP contribution in [0.3, 0.4) is 0 Å². The summed E-state index contributed by atoms with van der Waals surface area (Å²) in [6.07, 6.45) is 1.15. The highest BCUT2D eigenvalue weighted by atomic mass is 127. The molecule has 0 aromatic heterocycles. The van der Waals surface area contributed by atoms with Crippen LogP contribution in [0.25, 0.3) is 0 Å². The molecule has 5 heteroatoms. The quantitative estimate of drug-likeness (QED) is 0.399. The number of benzene rings is 1. The van der Waals surface area contributed by atoms with Crippen molar-refractivity contribution in [3.63, 3.8) is 0 Å². The van der Waals surface area contributed by atoms with E-state index in [-0.39, 0.29) is 29.4 Å². The van der Waals surface area contributed by atoms with E-state index in [1.807, 2.05) is 0 Å². The molecule has 0 amide bonds. The van der Waals surface area contributed by atoms with Crippen LogP contribution in [-0.4, -0.2) is 50.8 Å². The molecule has 142 valence electrons. The van der Waals surface area contributed by atoms with Crippen molar-refractivity contribution in [1.82, 2.24) is 10.2 Å². The smallest absolute Gasteiger partial charge is 0.193 e. The molecule has 0 saturated carbocycles. The molecule has 0 aliphatic carbocycles. The molecule has 2 rings (SSSR count). The SMILES string of the molecule is CCNC(=NCC(C)(C)c1cccc(C)c1)N(C)CC1CCOC1.I. The maximum absolute atomic E-state index is 5.49. The molecule has 0 spiro atoms. The van der Waals surface area contributed by atoms with Crippen molar-refractivity contribution < 1.29 is 4.74 Å². The summed E-state index contributed by atoms with van der Waals surface area (Å²) in [5.74, 6) is 1.61. The maximum atomic E-state index is 5.49. The molecule has 25 heavy (non-hydrogen) atoms. The summed E-state index contributed by atoms with van der Waals surface area (Å²) in [5.41, 5.74) is 2.66. The van der Waals surface area contributed by atoms with Crippen molar-refractivity contribution in [2.24, 2.45) is 10.9 Å². The summed E-state index contributed by atoms with van der Waals surface area (Å²) >= 11 is 0. The minimum atomic E-state index is 0. The van der Waals surface area contributed by atoms with Gasteiger partial charge in [-0.05, 0) is 25.8 Å². The fraction of sp³-hybridized carbons (Fsp3) is 0.650. The van der Waals surface area contributed by atoms with Gasteiger partial charge in [0.1, 0.15) is 0 Å². The van der Waals surface area contributed by atoms with Crippen molar-refractivity contribution in [3.8, 4) is 0 Å². The summed E-state index contributed by atoms with van der Waals surface area (Å²) in [4.78, 5) is 7.17. The van der Waals surface area contributed by atoms with Gasteiger partial charge < -0.3 is 15.0 Å². The zero-order chi connectivity index (χ0) is 17.6. The average Bonchev–Trinajstić information content (AvgIpc) is 3.04. The number of nitrogens with zero attached hydrogens (tertiary/aromatic N) is 2. The van der Waals surface area contributed by atoms with Crippen molar-refractivity contribution in [3.05, 3.63) is 35.4 Å². The third kappa shape index (κ3) is 6.77. The fourth-order valence-corrected chi connectivity index (χ4v) is 3.10. The minimum absolute atomic E-state index is 0. The normalized spacial score (nSPS) is 18.0. The largest absolute Gasteiger partial charge is 0.381 e. The van der Waals surface area contributed by atoms with Crippen molar-refractivity contribution in [2.45, 2.75) is 39.5 Å². The number of rotatable bonds is 6. The number of hydrogen-bond donors (Lipinski definition) is 1. The van der Waals surface area contributed by atoms with Crippen LogP contribution in [0.1, 0.15) is 38.3 Å². The Morgan fingerprint density at radius 1 is 1.40 bits per heavy atom. The first-order chi connectivity index (χ1) is 11.4. The lowest BCUT2D eigenvalue weighted by molar-refractivity contribution is 0.181. The van der Waals surface area contributed by atoms with Crippen molar-refractivity contribution in [2.75, 3.05) is 39.9 Å². The van der Waals surface area contributed by atoms with Gasteiger partial charge in [0, 0.05) is 38.1 Å². The summed E-state index contributed by atoms with van der Waals surface area (Å²) in [6, 6.07) is 8.75. The van der Waals surface area contributed by atoms with Gasteiger partial charge in [0.25, 0.3) is 0 Å². The monoisotopic (exact) mass is 459 g/mol. The molecule has 1 aliphatic rings. The van der Waals surface area contributed by atoms with Gasteiger partial charge in [0.05, 0.1) is 13.2 Å². The van der Waals surface area contributed by atoms with Crippen LogP contribution in [0.5, 0.6) is 0 Å². The first kappa shape index (κ1) is 22.2. The molecule has 1 aliphatic heterocycles. The van der Waals surface area contributed by atoms with Gasteiger partial charge in [-0.1, -0.05) is 43.7 Å². The van der Waals surface area contributed by atoms with E-state index >= 15 is 0 Å². The lowest BCUT2D eigenvalue weighted by Gasteiger charge is -2.28. The van der Waals surface area contributed by atoms with Gasteiger partial charge >= 0.3 is 0 Å². The van der Waals surface area contributed by atoms with Crippen LogP contribution in [0.2, 0.25) is 0 Å². The molecule has 1 saturated heterocycles. The summed E-state index contributed by atoms with van der Waals surface area (Å²) in [6.45, 7) is 13.2. The fourth-order valence-electron chi connectivity index (χ4n) is 3.10. The molecule has 1 heterocycles. The van der Waals surface area contributed by atoms with Crippen molar-refractivity contribution in [1.29, 1.82) is 0 Å². The molecule has 1 unspecified atom stereocenters. The van der Waals surface area contributed by atoms with Crippen molar-refractivity contribution >= 4 is 29.9 Å². The molecule has 1 fully saturated rings. The summed E-state index contributed by atoms with van der Waals surface area (Å²) in [7, 11) is 2.12. The Balaban J connectivity index is 0.00000312. The second kappa shape index (κ2) is 10.4. The van der Waals surface area contributed by atoms with E-state index in [9.17, 15) is 0 Å². The Morgan fingerprint density at radius 3 is 2.76 bits per heavy atom. The lowest BCUT2D eigenvalue weighted by atomic mass is 9.84. The van der Waals surface area contributed by atoms with Crippen LogP contribution in [0.15, 0.2) is 29.3 Å². The summed E-state index contributed by atoms with van der Waals surface area (Å²) in [5, 5.41) is 3.43. The maximum Gasteiger partial charge on any atom is 0.193 e. The predicted molar refractivity (Wildman–Crippen MR) is 117 cm³/mol. The molecule has 0 radical (unpaired) electrons. The number of guanidine groups is 1. The van der Waals surface area contributed by atoms with Crippen LogP contribution in [-0.2, 0) is 10.2 Å². The third-order valence-electron chi connectivity index (χ3n) is 4.68. The van der Waals surface area contributed by atoms with E-state index in [0.717, 1.165) is 45.2 Å². The average molecular weight is 459 g/mol. The van der Waals surface area contributed by atoms with Gasteiger partial charge in [-0.3, -0.25) is 4.99 Å². The molecule has 1 atom stereocenters. The Hall–Kier alpha value is -0.820. The third-order valence-corrected chi connectivity index (χ3v) is 4.68. The zero-order valence-electron chi connectivity index (χ0n) is 16.3. The highest BCUT2D eigenvalue weighted by Crippen LogP contribution is 2.24. The van der Waals surface area contributed by atoms with Crippen LogP contribution >= 0.6 is 24.0 Å². The zero-order valence-corrected chi connectivity index (χ0v) is 18.7.